The molecule has 0 saturated carbocycles. The maximum Gasteiger partial charge on any atom is 0.341 e. The van der Waals surface area contributed by atoms with Gasteiger partial charge in [-0.15, -0.1) is 0 Å². The molecule has 1 aliphatic heterocycles. The molecular weight excluding hydrogens is 448 g/mol. The number of ether oxygens (including phenoxy) is 2. The van der Waals surface area contributed by atoms with Gasteiger partial charge in [-0.25, -0.2) is 4.79 Å². The second kappa shape index (κ2) is 9.42. The molecule has 0 aromatic heterocycles. The van der Waals surface area contributed by atoms with Gasteiger partial charge in [0.25, 0.3) is 0 Å². The van der Waals surface area contributed by atoms with Crippen molar-refractivity contribution >= 4 is 23.0 Å². The van der Waals surface area contributed by atoms with E-state index in [-0.39, 0.29) is 12.1 Å². The number of hydrogen-bond acceptors (Lipinski definition) is 5. The Balaban J connectivity index is 1.76. The zero-order valence-corrected chi connectivity index (χ0v) is 21.0. The van der Waals surface area contributed by atoms with E-state index < -0.39 is 5.72 Å². The number of benzene rings is 4. The highest BCUT2D eigenvalue weighted by atomic mass is 16.6. The summed E-state index contributed by atoms with van der Waals surface area (Å²) in [4.78, 5) is 17.4. The minimum absolute atomic E-state index is 0.0743. The van der Waals surface area contributed by atoms with E-state index in [9.17, 15) is 4.79 Å². The molecule has 1 atom stereocenters. The van der Waals surface area contributed by atoms with E-state index in [0.29, 0.717) is 5.56 Å². The largest absolute Gasteiger partial charge is 0.491 e. The van der Waals surface area contributed by atoms with Crippen molar-refractivity contribution < 1.29 is 14.3 Å². The highest BCUT2D eigenvalue weighted by Gasteiger charge is 2.52. The Morgan fingerprint density at radius 1 is 0.722 bits per heavy atom. The van der Waals surface area contributed by atoms with Crippen LogP contribution >= 0.6 is 0 Å². The molecule has 0 N–H and O–H groups in total. The van der Waals surface area contributed by atoms with E-state index in [0.717, 1.165) is 33.9 Å². The molecule has 0 spiro atoms. The van der Waals surface area contributed by atoms with Crippen molar-refractivity contribution in [1.29, 1.82) is 0 Å². The first-order chi connectivity index (χ1) is 17.4. The first-order valence-corrected chi connectivity index (χ1v) is 12.1. The van der Waals surface area contributed by atoms with Crippen LogP contribution in [0.4, 0.5) is 17.1 Å². The lowest BCUT2D eigenvalue weighted by Gasteiger charge is -2.42. The minimum Gasteiger partial charge on any atom is -0.491 e. The van der Waals surface area contributed by atoms with Gasteiger partial charge in [0.05, 0.1) is 11.7 Å². The fraction of sp³-hybridized carbons (Fsp3) is 0.194. The van der Waals surface area contributed by atoms with Gasteiger partial charge in [-0.1, -0.05) is 48.5 Å². The maximum absolute atomic E-state index is 13.3. The quantitative estimate of drug-likeness (QED) is 0.275. The third kappa shape index (κ3) is 4.07. The molecular formula is C31H30N2O3. The molecule has 4 aromatic carbocycles. The lowest BCUT2D eigenvalue weighted by molar-refractivity contribution is 0.0134. The summed E-state index contributed by atoms with van der Waals surface area (Å²) in [6.07, 6.45) is 0.0743. The predicted molar refractivity (Wildman–Crippen MR) is 144 cm³/mol. The van der Waals surface area contributed by atoms with Gasteiger partial charge >= 0.3 is 5.97 Å². The molecule has 0 aliphatic carbocycles. The SMILES string of the molecule is CC(C)Oc1ccc(N(c2ccccc2)C2(c3ccc(N(C)C)cc3)OC(=O)c3ccccc32)cc1. The lowest BCUT2D eigenvalue weighted by Crippen LogP contribution is -2.45. The number of para-hydroxylation sites is 1. The zero-order chi connectivity index (χ0) is 25.3. The molecule has 1 unspecified atom stereocenters. The van der Waals surface area contributed by atoms with Gasteiger partial charge in [0.2, 0.25) is 5.72 Å². The summed E-state index contributed by atoms with van der Waals surface area (Å²) in [6.45, 7) is 4.01. The van der Waals surface area contributed by atoms with E-state index in [1.807, 2.05) is 124 Å². The molecule has 182 valence electrons. The van der Waals surface area contributed by atoms with Gasteiger partial charge in [0.1, 0.15) is 5.75 Å². The number of carbonyl (C=O) groups is 1. The molecule has 0 bridgehead atoms. The normalized spacial score (nSPS) is 16.4. The molecule has 0 saturated heterocycles. The highest BCUT2D eigenvalue weighted by Crippen LogP contribution is 2.50. The van der Waals surface area contributed by atoms with Gasteiger partial charge < -0.3 is 14.4 Å². The molecule has 1 aliphatic rings. The Labute approximate surface area is 212 Å². The fourth-order valence-corrected chi connectivity index (χ4v) is 4.73. The van der Waals surface area contributed by atoms with Crippen molar-refractivity contribution in [2.45, 2.75) is 25.7 Å². The van der Waals surface area contributed by atoms with Crippen molar-refractivity contribution in [1.82, 2.24) is 0 Å². The van der Waals surface area contributed by atoms with Gasteiger partial charge in [0, 0.05) is 42.3 Å². The Bertz CT molecular complexity index is 1350. The lowest BCUT2D eigenvalue weighted by atomic mass is 9.90. The van der Waals surface area contributed by atoms with Crippen LogP contribution in [-0.4, -0.2) is 26.2 Å². The average molecular weight is 479 g/mol. The number of cyclic esters (lactones) is 1. The van der Waals surface area contributed by atoms with Crippen molar-refractivity contribution in [3.63, 3.8) is 0 Å². The van der Waals surface area contributed by atoms with Crippen LogP contribution in [0.15, 0.2) is 103 Å². The predicted octanol–water partition coefficient (Wildman–Crippen LogP) is 6.75. The van der Waals surface area contributed by atoms with Crippen LogP contribution in [0.2, 0.25) is 0 Å². The zero-order valence-electron chi connectivity index (χ0n) is 21.0. The van der Waals surface area contributed by atoms with Crippen LogP contribution in [0, 0.1) is 0 Å². The summed E-state index contributed by atoms with van der Waals surface area (Å²) in [6, 6.07) is 33.8. The van der Waals surface area contributed by atoms with Crippen LogP contribution in [0.1, 0.15) is 35.3 Å². The van der Waals surface area contributed by atoms with Crippen molar-refractivity contribution in [3.8, 4) is 5.75 Å². The van der Waals surface area contributed by atoms with Crippen LogP contribution < -0.4 is 14.5 Å². The van der Waals surface area contributed by atoms with E-state index in [2.05, 4.69) is 17.0 Å². The third-order valence-electron chi connectivity index (χ3n) is 6.32. The second-order valence-corrected chi connectivity index (χ2v) is 9.35. The van der Waals surface area contributed by atoms with E-state index >= 15 is 0 Å². The Morgan fingerprint density at radius 3 is 1.94 bits per heavy atom. The highest BCUT2D eigenvalue weighted by molar-refractivity contribution is 5.96. The van der Waals surface area contributed by atoms with Crippen LogP contribution in [0.5, 0.6) is 5.75 Å². The number of carbonyl (C=O) groups excluding carboxylic acids is 1. The number of fused-ring (bicyclic) bond motifs is 1. The van der Waals surface area contributed by atoms with Gasteiger partial charge in [-0.05, 0) is 68.4 Å². The number of anilines is 3. The molecule has 5 nitrogen and oxygen atoms in total. The average Bonchev–Trinajstić information content (AvgIpc) is 3.19. The number of nitrogens with zero attached hydrogens (tertiary/aromatic N) is 2. The summed E-state index contributed by atoms with van der Waals surface area (Å²) in [5.74, 6) is 0.443. The van der Waals surface area contributed by atoms with Gasteiger partial charge in [-0.2, -0.15) is 0 Å². The van der Waals surface area contributed by atoms with Crippen LogP contribution in [0.25, 0.3) is 0 Å². The topological polar surface area (TPSA) is 42.0 Å². The second-order valence-electron chi connectivity index (χ2n) is 9.35. The molecule has 4 aromatic rings. The van der Waals surface area contributed by atoms with Crippen molar-refractivity contribution in [2.24, 2.45) is 0 Å². The molecule has 0 radical (unpaired) electrons. The molecule has 1 heterocycles. The summed E-state index contributed by atoms with van der Waals surface area (Å²) in [5, 5.41) is 0. The Hall–Kier alpha value is -4.25. The van der Waals surface area contributed by atoms with E-state index in [1.165, 1.54) is 0 Å². The third-order valence-corrected chi connectivity index (χ3v) is 6.32. The smallest absolute Gasteiger partial charge is 0.341 e. The van der Waals surface area contributed by atoms with Crippen LogP contribution in [0.3, 0.4) is 0 Å². The molecule has 0 fully saturated rings. The maximum atomic E-state index is 13.3. The summed E-state index contributed by atoms with van der Waals surface area (Å²) in [7, 11) is 4.01. The Kier molecular flexibility index (Phi) is 6.15. The summed E-state index contributed by atoms with van der Waals surface area (Å²) < 4.78 is 12.3. The van der Waals surface area contributed by atoms with E-state index in [4.69, 9.17) is 9.47 Å². The van der Waals surface area contributed by atoms with Crippen molar-refractivity contribution in [3.05, 3.63) is 120 Å². The van der Waals surface area contributed by atoms with Crippen LogP contribution in [-0.2, 0) is 10.5 Å². The molecule has 5 rings (SSSR count). The van der Waals surface area contributed by atoms with E-state index in [1.54, 1.807) is 0 Å². The molecule has 5 heteroatoms. The minimum atomic E-state index is -1.19. The molecule has 36 heavy (non-hydrogen) atoms. The summed E-state index contributed by atoms with van der Waals surface area (Å²) >= 11 is 0. The van der Waals surface area contributed by atoms with Gasteiger partial charge in [0.15, 0.2) is 0 Å². The summed E-state index contributed by atoms with van der Waals surface area (Å²) in [5.41, 5.74) is 3.87. The molecule has 0 amide bonds. The number of esters is 1. The van der Waals surface area contributed by atoms with Gasteiger partial charge in [-0.3, -0.25) is 4.90 Å². The first kappa shape index (κ1) is 23.5. The Morgan fingerprint density at radius 2 is 1.31 bits per heavy atom. The monoisotopic (exact) mass is 478 g/mol. The first-order valence-electron chi connectivity index (χ1n) is 12.1. The fourth-order valence-electron chi connectivity index (χ4n) is 4.73. The standard InChI is InChI=1S/C31H30N2O3/c1-22(2)35-27-20-18-26(19-21-27)33(25-10-6-5-7-11-25)31(23-14-16-24(17-15-23)32(3)4)29-13-9-8-12-28(29)30(34)36-31/h5-22H,1-4H3. The van der Waals surface area contributed by atoms with Crippen molar-refractivity contribution in [2.75, 3.05) is 23.9 Å². The number of rotatable bonds is 7. The number of hydrogen-bond donors (Lipinski definition) is 0.